The van der Waals surface area contributed by atoms with E-state index in [-0.39, 0.29) is 25.2 Å². The van der Waals surface area contributed by atoms with Crippen molar-refractivity contribution in [3.63, 3.8) is 0 Å². The second kappa shape index (κ2) is 9.47. The number of fused-ring (bicyclic) bond motifs is 2. The maximum Gasteiger partial charge on any atom is 0.257 e. The van der Waals surface area contributed by atoms with Gasteiger partial charge in [0.25, 0.3) is 5.91 Å². The van der Waals surface area contributed by atoms with Gasteiger partial charge in [-0.2, -0.15) is 0 Å². The minimum Gasteiger partial charge on any atom is -0.454 e. The third kappa shape index (κ3) is 4.80. The summed E-state index contributed by atoms with van der Waals surface area (Å²) in [4.78, 5) is 39.8. The Labute approximate surface area is 201 Å². The maximum absolute atomic E-state index is 13.0. The predicted octanol–water partition coefficient (Wildman–Crippen LogP) is 2.52. The number of ether oxygens (including phenoxy) is 2. The van der Waals surface area contributed by atoms with Crippen LogP contribution in [0.15, 0.2) is 66.7 Å². The topological polar surface area (TPSA) is 123 Å². The van der Waals surface area contributed by atoms with E-state index in [0.717, 1.165) is 11.1 Å². The molecule has 0 saturated heterocycles. The van der Waals surface area contributed by atoms with E-state index in [1.165, 1.54) is 0 Å². The van der Waals surface area contributed by atoms with Gasteiger partial charge < -0.3 is 25.8 Å². The molecule has 9 nitrogen and oxygen atoms in total. The lowest BCUT2D eigenvalue weighted by Gasteiger charge is -2.34. The smallest absolute Gasteiger partial charge is 0.257 e. The fourth-order valence-corrected chi connectivity index (χ4v) is 4.36. The molecule has 2 aliphatic heterocycles. The molecule has 0 spiro atoms. The molecule has 0 aliphatic carbocycles. The van der Waals surface area contributed by atoms with Crippen LogP contribution in [-0.2, 0) is 22.6 Å². The molecule has 2 aliphatic rings. The SMILES string of the molecule is NC(=O)[C@@H]1Cc2ccccc2CN1CC(=O)Nc1ccccc1C(=O)Nc1ccc2c(c1)OCO2. The number of hydrogen-bond acceptors (Lipinski definition) is 6. The van der Waals surface area contributed by atoms with Crippen LogP contribution < -0.4 is 25.8 Å². The van der Waals surface area contributed by atoms with E-state index in [1.54, 1.807) is 47.4 Å². The number of amides is 3. The van der Waals surface area contributed by atoms with Crippen molar-refractivity contribution in [3.8, 4) is 11.5 Å². The number of rotatable bonds is 6. The fourth-order valence-electron chi connectivity index (χ4n) is 4.36. The van der Waals surface area contributed by atoms with E-state index in [0.29, 0.717) is 41.4 Å². The van der Waals surface area contributed by atoms with E-state index in [9.17, 15) is 14.4 Å². The molecule has 9 heteroatoms. The maximum atomic E-state index is 13.0. The molecule has 2 heterocycles. The number of nitrogens with two attached hydrogens (primary N) is 1. The van der Waals surface area contributed by atoms with Crippen LogP contribution in [0.4, 0.5) is 11.4 Å². The first kappa shape index (κ1) is 22.4. The summed E-state index contributed by atoms with van der Waals surface area (Å²) in [6.45, 7) is 0.532. The summed E-state index contributed by atoms with van der Waals surface area (Å²) < 4.78 is 10.6. The summed E-state index contributed by atoms with van der Waals surface area (Å²) in [5.41, 5.74) is 8.95. The molecule has 3 amide bonds. The number of nitrogens with one attached hydrogen (secondary N) is 2. The minimum absolute atomic E-state index is 0.0416. The number of carbonyl (C=O) groups is 3. The van der Waals surface area contributed by atoms with Crippen LogP contribution in [0.25, 0.3) is 0 Å². The summed E-state index contributed by atoms with van der Waals surface area (Å²) in [7, 11) is 0. The van der Waals surface area contributed by atoms with E-state index in [1.807, 2.05) is 24.3 Å². The highest BCUT2D eigenvalue weighted by Crippen LogP contribution is 2.34. The van der Waals surface area contributed by atoms with Crippen molar-refractivity contribution in [3.05, 3.63) is 83.4 Å². The first-order chi connectivity index (χ1) is 17.0. The van der Waals surface area contributed by atoms with Gasteiger partial charge in [-0.15, -0.1) is 0 Å². The van der Waals surface area contributed by atoms with Crippen LogP contribution in [0.5, 0.6) is 11.5 Å². The molecule has 0 bridgehead atoms. The summed E-state index contributed by atoms with van der Waals surface area (Å²) in [6, 6.07) is 19.1. The Hall–Kier alpha value is -4.37. The van der Waals surface area contributed by atoms with Gasteiger partial charge in [0.2, 0.25) is 18.6 Å². The molecule has 0 radical (unpaired) electrons. The van der Waals surface area contributed by atoms with Gasteiger partial charge in [0.05, 0.1) is 23.8 Å². The zero-order valence-corrected chi connectivity index (χ0v) is 18.8. The molecular formula is C26H24N4O5. The van der Waals surface area contributed by atoms with Crippen molar-refractivity contribution in [2.45, 2.75) is 19.0 Å². The van der Waals surface area contributed by atoms with Crippen LogP contribution in [0.1, 0.15) is 21.5 Å². The van der Waals surface area contributed by atoms with Gasteiger partial charge in [-0.25, -0.2) is 0 Å². The summed E-state index contributed by atoms with van der Waals surface area (Å²) in [6.07, 6.45) is 0.452. The third-order valence-electron chi connectivity index (χ3n) is 6.10. The molecule has 178 valence electrons. The number of carbonyl (C=O) groups excluding carboxylic acids is 3. The lowest BCUT2D eigenvalue weighted by molar-refractivity contribution is -0.125. The molecule has 35 heavy (non-hydrogen) atoms. The van der Waals surface area contributed by atoms with Crippen LogP contribution >= 0.6 is 0 Å². The number of nitrogens with zero attached hydrogens (tertiary/aromatic N) is 1. The Balaban J connectivity index is 1.29. The van der Waals surface area contributed by atoms with E-state index >= 15 is 0 Å². The van der Waals surface area contributed by atoms with Crippen LogP contribution in [0, 0.1) is 0 Å². The van der Waals surface area contributed by atoms with Gasteiger partial charge in [0, 0.05) is 18.3 Å². The lowest BCUT2D eigenvalue weighted by atomic mass is 9.93. The van der Waals surface area contributed by atoms with Gasteiger partial charge in [0.15, 0.2) is 11.5 Å². The van der Waals surface area contributed by atoms with Gasteiger partial charge in [-0.05, 0) is 41.8 Å². The van der Waals surface area contributed by atoms with Gasteiger partial charge in [0.1, 0.15) is 0 Å². The van der Waals surface area contributed by atoms with Gasteiger partial charge >= 0.3 is 0 Å². The Morgan fingerprint density at radius 1 is 0.914 bits per heavy atom. The normalized spacial score (nSPS) is 16.3. The first-order valence-electron chi connectivity index (χ1n) is 11.2. The molecule has 0 unspecified atom stereocenters. The largest absolute Gasteiger partial charge is 0.454 e. The number of primary amides is 1. The number of para-hydroxylation sites is 1. The molecule has 0 aromatic heterocycles. The highest BCUT2D eigenvalue weighted by molar-refractivity contribution is 6.10. The lowest BCUT2D eigenvalue weighted by Crippen LogP contribution is -2.51. The average molecular weight is 473 g/mol. The van der Waals surface area contributed by atoms with Crippen molar-refractivity contribution in [2.24, 2.45) is 5.73 Å². The summed E-state index contributed by atoms with van der Waals surface area (Å²) in [5.74, 6) is -0.0433. The first-order valence-corrected chi connectivity index (χ1v) is 11.2. The third-order valence-corrected chi connectivity index (χ3v) is 6.10. The second-order valence-corrected chi connectivity index (χ2v) is 8.41. The molecule has 1 atom stereocenters. The van der Waals surface area contributed by atoms with E-state index in [2.05, 4.69) is 10.6 Å². The van der Waals surface area contributed by atoms with Crippen molar-refractivity contribution >= 4 is 29.1 Å². The second-order valence-electron chi connectivity index (χ2n) is 8.41. The molecule has 3 aromatic carbocycles. The Morgan fingerprint density at radius 2 is 1.66 bits per heavy atom. The molecule has 5 rings (SSSR count). The predicted molar refractivity (Wildman–Crippen MR) is 129 cm³/mol. The summed E-state index contributed by atoms with van der Waals surface area (Å²) in [5, 5.41) is 5.63. The molecule has 3 aromatic rings. The Kier molecular flexibility index (Phi) is 6.07. The van der Waals surface area contributed by atoms with Crippen LogP contribution in [-0.4, -0.2) is 42.0 Å². The minimum atomic E-state index is -0.583. The summed E-state index contributed by atoms with van der Waals surface area (Å²) >= 11 is 0. The zero-order chi connectivity index (χ0) is 24.4. The van der Waals surface area contributed by atoms with Crippen molar-refractivity contribution in [1.29, 1.82) is 0 Å². The van der Waals surface area contributed by atoms with Crippen LogP contribution in [0.2, 0.25) is 0 Å². The van der Waals surface area contributed by atoms with E-state index < -0.39 is 11.9 Å². The van der Waals surface area contributed by atoms with Crippen LogP contribution in [0.3, 0.4) is 0 Å². The molecule has 0 saturated carbocycles. The Morgan fingerprint density at radius 3 is 2.49 bits per heavy atom. The quantitative estimate of drug-likeness (QED) is 0.507. The average Bonchev–Trinajstić information content (AvgIpc) is 3.31. The molecule has 4 N–H and O–H groups in total. The van der Waals surface area contributed by atoms with Gasteiger partial charge in [-0.1, -0.05) is 36.4 Å². The zero-order valence-electron chi connectivity index (χ0n) is 18.8. The monoisotopic (exact) mass is 472 g/mol. The number of anilines is 2. The molecule has 0 fully saturated rings. The fraction of sp³-hybridized carbons (Fsp3) is 0.192. The highest BCUT2D eigenvalue weighted by Gasteiger charge is 2.31. The van der Waals surface area contributed by atoms with Crippen molar-refractivity contribution in [2.75, 3.05) is 24.0 Å². The van der Waals surface area contributed by atoms with Gasteiger partial charge in [-0.3, -0.25) is 19.3 Å². The number of benzene rings is 3. The van der Waals surface area contributed by atoms with E-state index in [4.69, 9.17) is 15.2 Å². The number of hydrogen-bond donors (Lipinski definition) is 3. The molecular weight excluding hydrogens is 448 g/mol. The Bertz CT molecular complexity index is 1310. The standard InChI is InChI=1S/C26H24N4O5/c27-25(32)21-11-16-5-1-2-6-17(16)13-30(21)14-24(31)29-20-8-4-3-7-19(20)26(33)28-18-9-10-22-23(12-18)35-15-34-22/h1-10,12,21H,11,13-15H2,(H2,27,32)(H,28,33)(H,29,31)/t21-/m0/s1. The van der Waals surface area contributed by atoms with Crippen molar-refractivity contribution < 1.29 is 23.9 Å². The highest BCUT2D eigenvalue weighted by atomic mass is 16.7. The van der Waals surface area contributed by atoms with Crippen molar-refractivity contribution in [1.82, 2.24) is 4.90 Å².